The first-order valence-corrected chi connectivity index (χ1v) is 8.78. The van der Waals surface area contributed by atoms with Crippen LogP contribution in [0.3, 0.4) is 0 Å². The molecule has 0 saturated carbocycles. The number of methoxy groups -OCH3 is 2. The van der Waals surface area contributed by atoms with Crippen LogP contribution in [0, 0.1) is 12.7 Å². The second-order valence-electron chi connectivity index (χ2n) is 6.34. The van der Waals surface area contributed by atoms with Crippen molar-refractivity contribution < 1.29 is 18.7 Å². The summed E-state index contributed by atoms with van der Waals surface area (Å²) in [6.07, 6.45) is 1.71. The molecule has 2 aromatic carbocycles. The summed E-state index contributed by atoms with van der Waals surface area (Å²) in [5.41, 5.74) is 2.96. The second-order valence-corrected chi connectivity index (χ2v) is 6.34. The van der Waals surface area contributed by atoms with Gasteiger partial charge in [0.1, 0.15) is 5.82 Å². The van der Waals surface area contributed by atoms with Crippen molar-refractivity contribution in [1.82, 2.24) is 15.1 Å². The minimum Gasteiger partial charge on any atom is -0.493 e. The normalized spacial score (nSPS) is 11.8. The summed E-state index contributed by atoms with van der Waals surface area (Å²) < 4.78 is 25.3. The Morgan fingerprint density at radius 1 is 1.11 bits per heavy atom. The van der Waals surface area contributed by atoms with Gasteiger partial charge in [0.2, 0.25) is 0 Å². The first-order chi connectivity index (χ1) is 13.4. The lowest BCUT2D eigenvalue weighted by Gasteiger charge is -2.15. The standard InChI is InChI=1S/C21H22FN3O3/c1-13(24-21(26)15-5-10-19(27-3)20(11-15)28-4)18-12-23-25(14(18)2)17-8-6-16(22)7-9-17/h5-13H,1-4H3,(H,24,26). The molecule has 0 fully saturated rings. The van der Waals surface area contributed by atoms with Crippen molar-refractivity contribution >= 4 is 5.91 Å². The van der Waals surface area contributed by atoms with Crippen LogP contribution in [0.4, 0.5) is 4.39 Å². The summed E-state index contributed by atoms with van der Waals surface area (Å²) in [6.45, 7) is 3.79. The van der Waals surface area contributed by atoms with E-state index in [-0.39, 0.29) is 17.8 Å². The molecule has 7 heteroatoms. The molecule has 3 aromatic rings. The van der Waals surface area contributed by atoms with Crippen molar-refractivity contribution in [3.05, 3.63) is 71.3 Å². The summed E-state index contributed by atoms with van der Waals surface area (Å²) >= 11 is 0. The fourth-order valence-corrected chi connectivity index (χ4v) is 3.03. The number of hydrogen-bond donors (Lipinski definition) is 1. The second kappa shape index (κ2) is 8.12. The molecule has 0 spiro atoms. The summed E-state index contributed by atoms with van der Waals surface area (Å²) in [6, 6.07) is 10.8. The fraction of sp³-hybridized carbons (Fsp3) is 0.238. The van der Waals surface area contributed by atoms with Crippen molar-refractivity contribution in [1.29, 1.82) is 0 Å². The molecule has 146 valence electrons. The van der Waals surface area contributed by atoms with E-state index in [9.17, 15) is 9.18 Å². The van der Waals surface area contributed by atoms with E-state index in [2.05, 4.69) is 10.4 Å². The summed E-state index contributed by atoms with van der Waals surface area (Å²) in [4.78, 5) is 12.6. The third-order valence-corrected chi connectivity index (χ3v) is 4.58. The van der Waals surface area contributed by atoms with E-state index in [1.165, 1.54) is 19.2 Å². The highest BCUT2D eigenvalue weighted by atomic mass is 19.1. The first-order valence-electron chi connectivity index (χ1n) is 8.78. The minimum absolute atomic E-state index is 0.234. The smallest absolute Gasteiger partial charge is 0.251 e. The number of hydrogen-bond acceptors (Lipinski definition) is 4. The molecule has 28 heavy (non-hydrogen) atoms. The molecule has 0 radical (unpaired) electrons. The van der Waals surface area contributed by atoms with Crippen LogP contribution < -0.4 is 14.8 Å². The van der Waals surface area contributed by atoms with Crippen LogP contribution >= 0.6 is 0 Å². The molecule has 0 aliphatic rings. The Kier molecular flexibility index (Phi) is 5.63. The van der Waals surface area contributed by atoms with Gasteiger partial charge in [-0.3, -0.25) is 4.79 Å². The number of halogens is 1. The SMILES string of the molecule is COc1ccc(C(=O)NC(C)c2cnn(-c3ccc(F)cc3)c2C)cc1OC. The van der Waals surface area contributed by atoms with E-state index in [0.717, 1.165) is 16.9 Å². The number of carbonyl (C=O) groups is 1. The van der Waals surface area contributed by atoms with Crippen LogP contribution in [0.2, 0.25) is 0 Å². The van der Waals surface area contributed by atoms with Gasteiger partial charge in [-0.05, 0) is 56.3 Å². The van der Waals surface area contributed by atoms with Gasteiger partial charge in [-0.15, -0.1) is 0 Å². The van der Waals surface area contributed by atoms with E-state index in [1.807, 2.05) is 13.8 Å². The molecule has 0 saturated heterocycles. The van der Waals surface area contributed by atoms with Crippen LogP contribution in [0.5, 0.6) is 11.5 Å². The lowest BCUT2D eigenvalue weighted by atomic mass is 10.1. The molecule has 1 amide bonds. The third kappa shape index (κ3) is 3.83. The fourth-order valence-electron chi connectivity index (χ4n) is 3.03. The minimum atomic E-state index is -0.302. The molecule has 1 atom stereocenters. The summed E-state index contributed by atoms with van der Waals surface area (Å²) in [5.74, 6) is 0.512. The Morgan fingerprint density at radius 3 is 2.43 bits per heavy atom. The number of nitrogens with zero attached hydrogens (tertiary/aromatic N) is 2. The Morgan fingerprint density at radius 2 is 1.79 bits per heavy atom. The van der Waals surface area contributed by atoms with Gasteiger partial charge >= 0.3 is 0 Å². The molecule has 0 aliphatic heterocycles. The number of ether oxygens (including phenoxy) is 2. The van der Waals surface area contributed by atoms with Crippen molar-refractivity contribution in [2.75, 3.05) is 14.2 Å². The van der Waals surface area contributed by atoms with Crippen LogP contribution in [0.15, 0.2) is 48.7 Å². The number of aromatic nitrogens is 2. The lowest BCUT2D eigenvalue weighted by Crippen LogP contribution is -2.27. The van der Waals surface area contributed by atoms with Crippen LogP contribution in [-0.4, -0.2) is 29.9 Å². The van der Waals surface area contributed by atoms with Gasteiger partial charge in [-0.1, -0.05) is 0 Å². The summed E-state index contributed by atoms with van der Waals surface area (Å²) in [7, 11) is 3.07. The zero-order valence-electron chi connectivity index (χ0n) is 16.2. The van der Waals surface area contributed by atoms with Gasteiger partial charge in [-0.2, -0.15) is 5.10 Å². The van der Waals surface area contributed by atoms with E-state index in [1.54, 1.807) is 48.3 Å². The van der Waals surface area contributed by atoms with Crippen LogP contribution in [0.1, 0.15) is 34.6 Å². The highest BCUT2D eigenvalue weighted by Crippen LogP contribution is 2.28. The van der Waals surface area contributed by atoms with Crippen molar-refractivity contribution in [2.24, 2.45) is 0 Å². The molecule has 6 nitrogen and oxygen atoms in total. The molecule has 3 rings (SSSR count). The highest BCUT2D eigenvalue weighted by Gasteiger charge is 2.18. The van der Waals surface area contributed by atoms with Gasteiger partial charge in [0.05, 0.1) is 32.1 Å². The molecule has 1 unspecified atom stereocenters. The molecular weight excluding hydrogens is 361 g/mol. The van der Waals surface area contributed by atoms with Crippen LogP contribution in [0.25, 0.3) is 5.69 Å². The van der Waals surface area contributed by atoms with Crippen molar-refractivity contribution in [2.45, 2.75) is 19.9 Å². The molecule has 1 heterocycles. The Balaban J connectivity index is 1.79. The predicted molar refractivity (Wildman–Crippen MR) is 104 cm³/mol. The number of carbonyl (C=O) groups excluding carboxylic acids is 1. The molecule has 1 N–H and O–H groups in total. The average molecular weight is 383 g/mol. The highest BCUT2D eigenvalue weighted by molar-refractivity contribution is 5.95. The maximum Gasteiger partial charge on any atom is 0.251 e. The van der Waals surface area contributed by atoms with Crippen molar-refractivity contribution in [3.63, 3.8) is 0 Å². The Hall–Kier alpha value is -3.35. The average Bonchev–Trinajstić information content (AvgIpc) is 3.09. The van der Waals surface area contributed by atoms with Gasteiger partial charge in [0.25, 0.3) is 5.91 Å². The molecule has 0 aliphatic carbocycles. The van der Waals surface area contributed by atoms with Gasteiger partial charge in [-0.25, -0.2) is 9.07 Å². The zero-order valence-corrected chi connectivity index (χ0v) is 16.2. The van der Waals surface area contributed by atoms with Gasteiger partial charge in [0.15, 0.2) is 11.5 Å². The predicted octanol–water partition coefficient (Wildman–Crippen LogP) is 3.83. The Labute approximate surface area is 162 Å². The molecular formula is C21H22FN3O3. The number of nitrogens with one attached hydrogen (secondary N) is 1. The molecule has 0 bridgehead atoms. The Bertz CT molecular complexity index is 983. The van der Waals surface area contributed by atoms with Gasteiger partial charge < -0.3 is 14.8 Å². The number of amides is 1. The maximum atomic E-state index is 13.1. The van der Waals surface area contributed by atoms with Crippen LogP contribution in [-0.2, 0) is 0 Å². The molecule has 1 aromatic heterocycles. The summed E-state index contributed by atoms with van der Waals surface area (Å²) in [5, 5.41) is 7.34. The monoisotopic (exact) mass is 383 g/mol. The topological polar surface area (TPSA) is 65.4 Å². The van der Waals surface area contributed by atoms with E-state index in [4.69, 9.17) is 9.47 Å². The van der Waals surface area contributed by atoms with E-state index >= 15 is 0 Å². The lowest BCUT2D eigenvalue weighted by molar-refractivity contribution is 0.0939. The number of rotatable bonds is 6. The zero-order chi connectivity index (χ0) is 20.3. The third-order valence-electron chi connectivity index (χ3n) is 4.58. The van der Waals surface area contributed by atoms with E-state index in [0.29, 0.717) is 17.1 Å². The quantitative estimate of drug-likeness (QED) is 0.703. The maximum absolute atomic E-state index is 13.1. The number of benzene rings is 2. The van der Waals surface area contributed by atoms with Crippen molar-refractivity contribution in [3.8, 4) is 17.2 Å². The first kappa shape index (κ1) is 19.4. The van der Waals surface area contributed by atoms with E-state index < -0.39 is 0 Å². The largest absolute Gasteiger partial charge is 0.493 e. The van der Waals surface area contributed by atoms with Gasteiger partial charge in [0, 0.05) is 16.8 Å².